The highest BCUT2D eigenvalue weighted by atomic mass is 16.5. The Labute approximate surface area is 179 Å². The van der Waals surface area contributed by atoms with E-state index in [0.717, 1.165) is 25.2 Å². The summed E-state index contributed by atoms with van der Waals surface area (Å²) in [4.78, 5) is 4.64. The number of hydrogen-bond acceptors (Lipinski definition) is 4. The number of anilines is 1. The van der Waals surface area contributed by atoms with Crippen LogP contribution in [0.25, 0.3) is 10.8 Å². The van der Waals surface area contributed by atoms with Gasteiger partial charge in [-0.1, -0.05) is 54.6 Å². The Morgan fingerprint density at radius 3 is 2.43 bits per heavy atom. The number of aryl methyl sites for hydroxylation is 2. The molecule has 3 aromatic carbocycles. The lowest BCUT2D eigenvalue weighted by Crippen LogP contribution is -2.47. The van der Waals surface area contributed by atoms with Crippen LogP contribution < -0.4 is 4.90 Å². The monoisotopic (exact) mass is 403 g/mol. The molecule has 1 N–H and O–H groups in total. The summed E-state index contributed by atoms with van der Waals surface area (Å²) in [6.07, 6.45) is -0.481. The van der Waals surface area contributed by atoms with Crippen molar-refractivity contribution in [1.29, 1.82) is 0 Å². The number of aliphatic hydroxyl groups is 1. The molecule has 1 aliphatic heterocycles. The third-order valence-electron chi connectivity index (χ3n) is 5.81. The second kappa shape index (κ2) is 9.61. The SMILES string of the molecule is Cc1cccc(C)c1N1[CH]CN(CC(O)COCc2ccc3ccccc3c2)CC1. The number of nitrogens with zero attached hydrogens (tertiary/aromatic N) is 2. The van der Waals surface area contributed by atoms with Gasteiger partial charge in [0.1, 0.15) is 0 Å². The molecule has 0 aromatic heterocycles. The van der Waals surface area contributed by atoms with E-state index in [4.69, 9.17) is 4.74 Å². The zero-order valence-corrected chi connectivity index (χ0v) is 17.9. The first-order valence-electron chi connectivity index (χ1n) is 10.7. The zero-order chi connectivity index (χ0) is 20.9. The number of rotatable bonds is 7. The zero-order valence-electron chi connectivity index (χ0n) is 17.9. The summed E-state index contributed by atoms with van der Waals surface area (Å²) in [5.41, 5.74) is 5.07. The molecule has 4 rings (SSSR count). The Bertz CT molecular complexity index is 959. The number of ether oxygens (including phenoxy) is 1. The lowest BCUT2D eigenvalue weighted by molar-refractivity contribution is 0.0103. The molecule has 157 valence electrons. The van der Waals surface area contributed by atoms with Gasteiger partial charge in [0.15, 0.2) is 0 Å². The van der Waals surface area contributed by atoms with E-state index in [1.807, 2.05) is 12.1 Å². The van der Waals surface area contributed by atoms with Gasteiger partial charge in [0.25, 0.3) is 0 Å². The van der Waals surface area contributed by atoms with Crippen LogP contribution in [-0.2, 0) is 11.3 Å². The molecule has 0 bridgehead atoms. The second-order valence-corrected chi connectivity index (χ2v) is 8.23. The average molecular weight is 404 g/mol. The Hall–Kier alpha value is -2.40. The van der Waals surface area contributed by atoms with Crippen molar-refractivity contribution < 1.29 is 9.84 Å². The van der Waals surface area contributed by atoms with Gasteiger partial charge in [0.2, 0.25) is 0 Å². The summed E-state index contributed by atoms with van der Waals surface area (Å²) in [6.45, 7) is 10.8. The van der Waals surface area contributed by atoms with E-state index < -0.39 is 6.10 Å². The average Bonchev–Trinajstić information content (AvgIpc) is 2.75. The van der Waals surface area contributed by atoms with Gasteiger partial charge in [0.05, 0.1) is 25.9 Å². The summed E-state index contributed by atoms with van der Waals surface area (Å²) in [5.74, 6) is 0. The van der Waals surface area contributed by atoms with Crippen molar-refractivity contribution in [2.75, 3.05) is 37.7 Å². The van der Waals surface area contributed by atoms with Crippen LogP contribution in [0.15, 0.2) is 60.7 Å². The Morgan fingerprint density at radius 1 is 0.933 bits per heavy atom. The Balaban J connectivity index is 1.21. The Morgan fingerprint density at radius 2 is 1.70 bits per heavy atom. The lowest BCUT2D eigenvalue weighted by Gasteiger charge is -2.37. The molecule has 3 aromatic rings. The Kier molecular flexibility index (Phi) is 6.68. The number of hydrogen-bond donors (Lipinski definition) is 1. The molecule has 1 atom stereocenters. The smallest absolute Gasteiger partial charge is 0.0900 e. The van der Waals surface area contributed by atoms with Gasteiger partial charge in [-0.15, -0.1) is 0 Å². The minimum absolute atomic E-state index is 0.351. The molecule has 0 spiro atoms. The number of piperazine rings is 1. The normalized spacial score (nSPS) is 16.2. The van der Waals surface area contributed by atoms with E-state index >= 15 is 0 Å². The predicted molar refractivity (Wildman–Crippen MR) is 124 cm³/mol. The van der Waals surface area contributed by atoms with Crippen LogP contribution in [-0.4, -0.2) is 48.9 Å². The van der Waals surface area contributed by atoms with Gasteiger partial charge in [-0.05, 0) is 47.4 Å². The van der Waals surface area contributed by atoms with E-state index in [2.05, 4.69) is 78.7 Å². The van der Waals surface area contributed by atoms with E-state index in [1.54, 1.807) is 0 Å². The first kappa shape index (κ1) is 20.9. The fraction of sp³-hybridized carbons (Fsp3) is 0.346. The summed E-state index contributed by atoms with van der Waals surface area (Å²) in [5, 5.41) is 12.9. The fourth-order valence-electron chi connectivity index (χ4n) is 4.27. The third-order valence-corrected chi connectivity index (χ3v) is 5.81. The second-order valence-electron chi connectivity index (χ2n) is 8.23. The first-order valence-corrected chi connectivity index (χ1v) is 10.7. The molecule has 1 radical (unpaired) electrons. The molecule has 1 heterocycles. The predicted octanol–water partition coefficient (Wildman–Crippen LogP) is 4.32. The summed E-state index contributed by atoms with van der Waals surface area (Å²) in [7, 11) is 0. The maximum Gasteiger partial charge on any atom is 0.0900 e. The minimum Gasteiger partial charge on any atom is -0.389 e. The highest BCUT2D eigenvalue weighted by Gasteiger charge is 2.21. The number of benzene rings is 3. The van der Waals surface area contributed by atoms with E-state index in [9.17, 15) is 5.11 Å². The molecule has 1 saturated heterocycles. The minimum atomic E-state index is -0.481. The van der Waals surface area contributed by atoms with Crippen LogP contribution in [0, 0.1) is 20.4 Å². The fourth-order valence-corrected chi connectivity index (χ4v) is 4.27. The highest BCUT2D eigenvalue weighted by molar-refractivity contribution is 5.82. The van der Waals surface area contributed by atoms with E-state index in [-0.39, 0.29) is 0 Å². The quantitative estimate of drug-likeness (QED) is 0.637. The van der Waals surface area contributed by atoms with Gasteiger partial charge in [-0.25, -0.2) is 0 Å². The molecule has 4 nitrogen and oxygen atoms in total. The van der Waals surface area contributed by atoms with Gasteiger partial charge in [-0.3, -0.25) is 4.90 Å². The first-order chi connectivity index (χ1) is 14.6. The van der Waals surface area contributed by atoms with Crippen molar-refractivity contribution in [1.82, 2.24) is 4.90 Å². The van der Waals surface area contributed by atoms with Crippen LogP contribution in [0.2, 0.25) is 0 Å². The van der Waals surface area contributed by atoms with Gasteiger partial charge < -0.3 is 14.7 Å². The number of para-hydroxylation sites is 1. The van der Waals surface area contributed by atoms with Crippen LogP contribution in [0.3, 0.4) is 0 Å². The molecule has 1 aliphatic rings. The standard InChI is InChI=1S/C26H31N2O2/c1-20-6-5-7-21(2)26(20)28-14-12-27(13-15-28)17-25(29)19-30-18-22-10-11-23-8-3-4-9-24(23)16-22/h3-11,14,16,25,29H,12-13,15,17-19H2,1-2H3. The summed E-state index contributed by atoms with van der Waals surface area (Å²) < 4.78 is 5.80. The van der Waals surface area contributed by atoms with Crippen LogP contribution >= 0.6 is 0 Å². The van der Waals surface area contributed by atoms with E-state index in [0.29, 0.717) is 19.8 Å². The lowest BCUT2D eigenvalue weighted by atomic mass is 10.1. The largest absolute Gasteiger partial charge is 0.389 e. The highest BCUT2D eigenvalue weighted by Crippen LogP contribution is 2.27. The van der Waals surface area contributed by atoms with Crippen LogP contribution in [0.5, 0.6) is 0 Å². The molecule has 1 unspecified atom stereocenters. The molecule has 0 amide bonds. The van der Waals surface area contributed by atoms with Gasteiger partial charge in [0, 0.05) is 31.9 Å². The van der Waals surface area contributed by atoms with Crippen molar-refractivity contribution in [3.05, 3.63) is 83.9 Å². The van der Waals surface area contributed by atoms with Gasteiger partial charge in [-0.2, -0.15) is 0 Å². The number of fused-ring (bicyclic) bond motifs is 1. The molecule has 4 heteroatoms. The summed E-state index contributed by atoms with van der Waals surface area (Å²) in [6, 6.07) is 21.1. The molecular formula is C26H31N2O2. The molecule has 0 saturated carbocycles. The maximum absolute atomic E-state index is 10.4. The maximum atomic E-state index is 10.4. The topological polar surface area (TPSA) is 35.9 Å². The summed E-state index contributed by atoms with van der Waals surface area (Å²) >= 11 is 0. The third kappa shape index (κ3) is 5.01. The van der Waals surface area contributed by atoms with Gasteiger partial charge >= 0.3 is 0 Å². The number of aliphatic hydroxyl groups excluding tert-OH is 1. The molecule has 0 aliphatic carbocycles. The molecule has 1 fully saturated rings. The van der Waals surface area contributed by atoms with Crippen molar-refractivity contribution in [2.45, 2.75) is 26.6 Å². The van der Waals surface area contributed by atoms with Crippen molar-refractivity contribution in [2.24, 2.45) is 0 Å². The molecule has 30 heavy (non-hydrogen) atoms. The molecular weight excluding hydrogens is 372 g/mol. The van der Waals surface area contributed by atoms with Crippen molar-refractivity contribution >= 4 is 16.5 Å². The van der Waals surface area contributed by atoms with Crippen LogP contribution in [0.1, 0.15) is 16.7 Å². The van der Waals surface area contributed by atoms with Crippen molar-refractivity contribution in [3.8, 4) is 0 Å². The van der Waals surface area contributed by atoms with Crippen molar-refractivity contribution in [3.63, 3.8) is 0 Å². The number of β-amino-alcohol motifs (C(OH)–C–C–N with tert-alkyl or cyclic N) is 1. The van der Waals surface area contributed by atoms with E-state index in [1.165, 1.54) is 27.6 Å². The van der Waals surface area contributed by atoms with Crippen LogP contribution in [0.4, 0.5) is 5.69 Å².